The molecule has 0 aliphatic rings. The van der Waals surface area contributed by atoms with Crippen molar-refractivity contribution < 1.29 is 0 Å². The lowest BCUT2D eigenvalue weighted by Gasteiger charge is -2.04. The highest BCUT2D eigenvalue weighted by atomic mass is 32.1. The summed E-state index contributed by atoms with van der Waals surface area (Å²) >= 11 is 1.59. The van der Waals surface area contributed by atoms with Gasteiger partial charge >= 0.3 is 0 Å². The van der Waals surface area contributed by atoms with E-state index < -0.39 is 0 Å². The largest absolute Gasteiger partial charge is 0.311 e. The summed E-state index contributed by atoms with van der Waals surface area (Å²) in [5.41, 5.74) is 1.05. The number of rotatable bonds is 5. The van der Waals surface area contributed by atoms with Crippen LogP contribution in [0.4, 0.5) is 0 Å². The van der Waals surface area contributed by atoms with E-state index in [0.717, 1.165) is 23.8 Å². The van der Waals surface area contributed by atoms with Gasteiger partial charge in [-0.2, -0.15) is 0 Å². The first-order chi connectivity index (χ1) is 8.25. The molecule has 0 aliphatic carbocycles. The van der Waals surface area contributed by atoms with Gasteiger partial charge in [-0.3, -0.25) is 0 Å². The van der Waals surface area contributed by atoms with Gasteiger partial charge in [0.1, 0.15) is 0 Å². The van der Waals surface area contributed by atoms with Gasteiger partial charge in [-0.05, 0) is 18.5 Å². The summed E-state index contributed by atoms with van der Waals surface area (Å²) in [6.07, 6.45) is 3.47. The lowest BCUT2D eigenvalue weighted by atomic mass is 10.2. The Kier molecular flexibility index (Phi) is 4.17. The molecule has 1 N–H and O–H groups in total. The van der Waals surface area contributed by atoms with E-state index >= 15 is 0 Å². The van der Waals surface area contributed by atoms with Crippen molar-refractivity contribution in [2.45, 2.75) is 20.4 Å². The maximum atomic E-state index is 4.51. The average Bonchev–Trinajstić information content (AvgIpc) is 2.78. The Labute approximate surface area is 105 Å². The van der Waals surface area contributed by atoms with Gasteiger partial charge < -0.3 is 5.32 Å². The predicted octanol–water partition coefficient (Wildman–Crippen LogP) is 2.35. The number of thiazole rings is 1. The van der Waals surface area contributed by atoms with Crippen LogP contribution in [0.25, 0.3) is 10.8 Å². The summed E-state index contributed by atoms with van der Waals surface area (Å²) in [6.45, 7) is 6.20. The van der Waals surface area contributed by atoms with Gasteiger partial charge in [0.2, 0.25) is 0 Å². The molecule has 0 radical (unpaired) electrons. The monoisotopic (exact) mass is 248 g/mol. The van der Waals surface area contributed by atoms with Crippen molar-refractivity contribution >= 4 is 11.3 Å². The first kappa shape index (κ1) is 12.1. The van der Waals surface area contributed by atoms with Crippen molar-refractivity contribution in [1.82, 2.24) is 20.3 Å². The number of nitrogens with zero attached hydrogens (tertiary/aromatic N) is 3. The van der Waals surface area contributed by atoms with Crippen LogP contribution in [0.1, 0.15) is 19.5 Å². The molecular formula is C12H16N4S. The molecule has 17 heavy (non-hydrogen) atoms. The lowest BCUT2D eigenvalue weighted by Crippen LogP contribution is -2.19. The molecule has 2 rings (SSSR count). The average molecular weight is 248 g/mol. The second-order valence-corrected chi connectivity index (χ2v) is 5.10. The molecule has 90 valence electrons. The third kappa shape index (κ3) is 3.57. The highest BCUT2D eigenvalue weighted by Crippen LogP contribution is 2.19. The first-order valence-electron chi connectivity index (χ1n) is 5.68. The normalized spacial score (nSPS) is 11.0. The first-order valence-corrected chi connectivity index (χ1v) is 6.56. The van der Waals surface area contributed by atoms with Crippen molar-refractivity contribution in [3.05, 3.63) is 29.5 Å². The van der Waals surface area contributed by atoms with E-state index in [-0.39, 0.29) is 0 Å². The Morgan fingerprint density at radius 2 is 2.06 bits per heavy atom. The molecule has 4 nitrogen and oxygen atoms in total. The van der Waals surface area contributed by atoms with Crippen molar-refractivity contribution in [2.75, 3.05) is 6.54 Å². The standard InChI is InChI=1S/C12H16N4S/c1-9(2)6-13-7-10-8-17-12(16-10)11-14-4-3-5-15-11/h3-5,8-9,13H,6-7H2,1-2H3. The van der Waals surface area contributed by atoms with E-state index in [1.165, 1.54) is 0 Å². The fraction of sp³-hybridized carbons (Fsp3) is 0.417. The van der Waals surface area contributed by atoms with Gasteiger partial charge in [-0.25, -0.2) is 15.0 Å². The van der Waals surface area contributed by atoms with Crippen LogP contribution >= 0.6 is 11.3 Å². The van der Waals surface area contributed by atoms with E-state index in [9.17, 15) is 0 Å². The SMILES string of the molecule is CC(C)CNCc1csc(-c2ncccn2)n1. The Hall–Kier alpha value is -1.33. The van der Waals surface area contributed by atoms with Gasteiger partial charge in [0.05, 0.1) is 5.69 Å². The number of hydrogen-bond donors (Lipinski definition) is 1. The van der Waals surface area contributed by atoms with Gasteiger partial charge in [-0.1, -0.05) is 13.8 Å². The van der Waals surface area contributed by atoms with E-state index in [1.807, 2.05) is 6.07 Å². The molecule has 0 atom stereocenters. The van der Waals surface area contributed by atoms with Gasteiger partial charge in [-0.15, -0.1) is 11.3 Å². The molecule has 2 heterocycles. The van der Waals surface area contributed by atoms with E-state index in [0.29, 0.717) is 11.7 Å². The molecular weight excluding hydrogens is 232 g/mol. The van der Waals surface area contributed by atoms with Crippen molar-refractivity contribution in [1.29, 1.82) is 0 Å². The van der Waals surface area contributed by atoms with Crippen LogP contribution in [-0.4, -0.2) is 21.5 Å². The minimum atomic E-state index is 0.658. The molecule has 0 aliphatic heterocycles. The number of hydrogen-bond acceptors (Lipinski definition) is 5. The topological polar surface area (TPSA) is 50.7 Å². The zero-order chi connectivity index (χ0) is 12.1. The molecule has 2 aromatic rings. The molecule has 2 aromatic heterocycles. The van der Waals surface area contributed by atoms with Crippen LogP contribution in [-0.2, 0) is 6.54 Å². The minimum Gasteiger partial charge on any atom is -0.311 e. The Morgan fingerprint density at radius 1 is 1.29 bits per heavy atom. The van der Waals surface area contributed by atoms with Crippen LogP contribution in [0, 0.1) is 5.92 Å². The van der Waals surface area contributed by atoms with Crippen LogP contribution in [0.2, 0.25) is 0 Å². The van der Waals surface area contributed by atoms with Crippen molar-refractivity contribution in [2.24, 2.45) is 5.92 Å². The van der Waals surface area contributed by atoms with E-state index in [2.05, 4.69) is 39.5 Å². The molecule has 0 bridgehead atoms. The minimum absolute atomic E-state index is 0.658. The highest BCUT2D eigenvalue weighted by Gasteiger charge is 2.06. The predicted molar refractivity (Wildman–Crippen MR) is 69.7 cm³/mol. The Balaban J connectivity index is 1.97. The summed E-state index contributed by atoms with van der Waals surface area (Å²) in [5, 5.41) is 6.31. The van der Waals surface area contributed by atoms with Crippen LogP contribution in [0.3, 0.4) is 0 Å². The molecule has 0 spiro atoms. The second-order valence-electron chi connectivity index (χ2n) is 4.24. The Morgan fingerprint density at radius 3 is 2.76 bits per heavy atom. The van der Waals surface area contributed by atoms with Gasteiger partial charge in [0.15, 0.2) is 10.8 Å². The zero-order valence-electron chi connectivity index (χ0n) is 10.1. The van der Waals surface area contributed by atoms with E-state index in [1.54, 1.807) is 23.7 Å². The zero-order valence-corrected chi connectivity index (χ0v) is 10.9. The third-order valence-corrected chi connectivity index (χ3v) is 3.05. The molecule has 0 amide bonds. The lowest BCUT2D eigenvalue weighted by molar-refractivity contribution is 0.549. The summed E-state index contributed by atoms with van der Waals surface area (Å²) in [4.78, 5) is 12.9. The fourth-order valence-corrected chi connectivity index (χ4v) is 2.15. The van der Waals surface area contributed by atoms with Gasteiger partial charge in [0.25, 0.3) is 0 Å². The van der Waals surface area contributed by atoms with Crippen LogP contribution in [0.5, 0.6) is 0 Å². The molecule has 0 saturated carbocycles. The maximum Gasteiger partial charge on any atom is 0.188 e. The summed E-state index contributed by atoms with van der Waals surface area (Å²) < 4.78 is 0. The second kappa shape index (κ2) is 5.84. The quantitative estimate of drug-likeness (QED) is 0.882. The molecule has 5 heteroatoms. The van der Waals surface area contributed by atoms with Gasteiger partial charge in [0, 0.05) is 24.3 Å². The maximum absolute atomic E-state index is 4.51. The fourth-order valence-electron chi connectivity index (χ4n) is 1.39. The Bertz CT molecular complexity index is 453. The highest BCUT2D eigenvalue weighted by molar-refractivity contribution is 7.13. The van der Waals surface area contributed by atoms with Crippen LogP contribution in [0.15, 0.2) is 23.8 Å². The van der Waals surface area contributed by atoms with Crippen molar-refractivity contribution in [3.8, 4) is 10.8 Å². The molecule has 0 fully saturated rings. The summed E-state index contributed by atoms with van der Waals surface area (Å²) in [7, 11) is 0. The van der Waals surface area contributed by atoms with Crippen molar-refractivity contribution in [3.63, 3.8) is 0 Å². The van der Waals surface area contributed by atoms with E-state index in [4.69, 9.17) is 0 Å². The molecule has 0 unspecified atom stereocenters. The summed E-state index contributed by atoms with van der Waals surface area (Å²) in [5.74, 6) is 1.36. The smallest absolute Gasteiger partial charge is 0.188 e. The summed E-state index contributed by atoms with van der Waals surface area (Å²) in [6, 6.07) is 1.81. The third-order valence-electron chi connectivity index (χ3n) is 2.17. The molecule has 0 aromatic carbocycles. The number of aromatic nitrogens is 3. The number of nitrogens with one attached hydrogen (secondary N) is 1. The molecule has 0 saturated heterocycles. The van der Waals surface area contributed by atoms with Crippen LogP contribution < -0.4 is 5.32 Å².